The number of nitrogens with two attached hydrogens (primary N) is 1. The lowest BCUT2D eigenvalue weighted by molar-refractivity contribution is -0.152. The van der Waals surface area contributed by atoms with Crippen molar-refractivity contribution in [3.63, 3.8) is 0 Å². The van der Waals surface area contributed by atoms with Crippen LogP contribution in [0.15, 0.2) is 0 Å². The smallest absolute Gasteiger partial charge is 0.306 e. The van der Waals surface area contributed by atoms with Crippen molar-refractivity contribution in [1.29, 1.82) is 0 Å². The van der Waals surface area contributed by atoms with E-state index < -0.39 is 0 Å². The van der Waals surface area contributed by atoms with Gasteiger partial charge in [0.25, 0.3) is 0 Å². The van der Waals surface area contributed by atoms with Crippen LogP contribution in [0.5, 0.6) is 0 Å². The number of hydrogen-bond acceptors (Lipinski definition) is 3. The molecule has 0 aromatic rings. The van der Waals surface area contributed by atoms with Gasteiger partial charge in [0, 0.05) is 12.5 Å². The third kappa shape index (κ3) is 1.34. The van der Waals surface area contributed by atoms with E-state index in [0.717, 1.165) is 6.42 Å². The molecule has 0 amide bonds. The van der Waals surface area contributed by atoms with Crippen molar-refractivity contribution in [2.24, 2.45) is 17.1 Å². The Kier molecular flexibility index (Phi) is 2.52. The molecule has 2 N–H and O–H groups in total. The van der Waals surface area contributed by atoms with Gasteiger partial charge in [0.15, 0.2) is 0 Å². The lowest BCUT2D eigenvalue weighted by atomic mass is 9.46. The second-order valence-corrected chi connectivity index (χ2v) is 4.63. The summed E-state index contributed by atoms with van der Waals surface area (Å²) in [6.45, 7) is 2.34. The van der Waals surface area contributed by atoms with Crippen molar-refractivity contribution in [3.05, 3.63) is 0 Å². The highest BCUT2D eigenvalue weighted by atomic mass is 16.5. The summed E-state index contributed by atoms with van der Waals surface area (Å²) in [6, 6.07) is 0.343. The Labute approximate surface area is 85.0 Å². The summed E-state index contributed by atoms with van der Waals surface area (Å²) in [6.07, 6.45) is 5.32. The number of carbonyl (C=O) groups excluding carboxylic acids is 1. The molecule has 3 nitrogen and oxygen atoms in total. The molecule has 0 saturated heterocycles. The summed E-state index contributed by atoms with van der Waals surface area (Å²) in [5.41, 5.74) is 6.33. The molecule has 1 spiro atoms. The Morgan fingerprint density at radius 2 is 2.29 bits per heavy atom. The van der Waals surface area contributed by atoms with Crippen LogP contribution in [-0.4, -0.2) is 18.6 Å². The second-order valence-electron chi connectivity index (χ2n) is 4.63. The lowest BCUT2D eigenvalue weighted by Gasteiger charge is -2.60. The number of esters is 1. The molecule has 2 rings (SSSR count). The molecule has 0 bridgehead atoms. The molecule has 14 heavy (non-hydrogen) atoms. The Bertz CT molecular complexity index is 235. The van der Waals surface area contributed by atoms with Gasteiger partial charge in [-0.2, -0.15) is 0 Å². The summed E-state index contributed by atoms with van der Waals surface area (Å²) in [5, 5.41) is 0. The van der Waals surface area contributed by atoms with Gasteiger partial charge >= 0.3 is 5.97 Å². The molecule has 2 saturated carbocycles. The minimum atomic E-state index is -0.0457. The van der Waals surface area contributed by atoms with Crippen molar-refractivity contribution in [1.82, 2.24) is 0 Å². The molecular formula is C11H19NO2. The molecule has 0 radical (unpaired) electrons. The molecule has 0 heterocycles. The fraction of sp³-hybridized carbons (Fsp3) is 0.909. The van der Waals surface area contributed by atoms with Gasteiger partial charge in [0.2, 0.25) is 0 Å². The van der Waals surface area contributed by atoms with Crippen molar-refractivity contribution in [2.75, 3.05) is 6.61 Å². The fourth-order valence-electron chi connectivity index (χ4n) is 2.99. The van der Waals surface area contributed by atoms with Gasteiger partial charge < -0.3 is 10.5 Å². The summed E-state index contributed by atoms with van der Waals surface area (Å²) >= 11 is 0. The van der Waals surface area contributed by atoms with Gasteiger partial charge in [0.05, 0.1) is 6.61 Å². The number of carbonyl (C=O) groups is 1. The van der Waals surface area contributed by atoms with E-state index in [1.807, 2.05) is 6.92 Å². The second kappa shape index (κ2) is 3.54. The first-order chi connectivity index (χ1) is 6.69. The molecular weight excluding hydrogens is 178 g/mol. The highest BCUT2D eigenvalue weighted by Crippen LogP contribution is 2.60. The zero-order chi connectivity index (χ0) is 10.2. The Morgan fingerprint density at radius 1 is 1.57 bits per heavy atom. The number of ether oxygens (including phenoxy) is 1. The van der Waals surface area contributed by atoms with Crippen LogP contribution in [-0.2, 0) is 9.53 Å². The molecule has 2 atom stereocenters. The average molecular weight is 197 g/mol. The zero-order valence-electron chi connectivity index (χ0n) is 8.79. The maximum atomic E-state index is 11.3. The quantitative estimate of drug-likeness (QED) is 0.697. The van der Waals surface area contributed by atoms with Crippen LogP contribution in [0.3, 0.4) is 0 Å². The van der Waals surface area contributed by atoms with E-state index in [1.165, 1.54) is 19.3 Å². The largest absolute Gasteiger partial charge is 0.466 e. The van der Waals surface area contributed by atoms with Crippen molar-refractivity contribution in [3.8, 4) is 0 Å². The van der Waals surface area contributed by atoms with Crippen LogP contribution in [0.1, 0.15) is 39.0 Å². The molecule has 0 aromatic heterocycles. The van der Waals surface area contributed by atoms with E-state index in [4.69, 9.17) is 10.5 Å². The van der Waals surface area contributed by atoms with E-state index in [1.54, 1.807) is 0 Å². The van der Waals surface area contributed by atoms with Crippen LogP contribution in [0.2, 0.25) is 0 Å². The minimum Gasteiger partial charge on any atom is -0.466 e. The van der Waals surface area contributed by atoms with Crippen molar-refractivity contribution in [2.45, 2.75) is 45.1 Å². The summed E-state index contributed by atoms with van der Waals surface area (Å²) in [5.74, 6) is 0.459. The SMILES string of the molecule is CCOC(=O)CC1CC(N)C12CCC2. The first-order valence-electron chi connectivity index (χ1n) is 5.60. The predicted molar refractivity (Wildman–Crippen MR) is 53.6 cm³/mol. The van der Waals surface area contributed by atoms with Crippen LogP contribution < -0.4 is 5.73 Å². The molecule has 0 aromatic carbocycles. The van der Waals surface area contributed by atoms with E-state index in [-0.39, 0.29) is 5.97 Å². The highest BCUT2D eigenvalue weighted by molar-refractivity contribution is 5.70. The van der Waals surface area contributed by atoms with Gasteiger partial charge in [-0.05, 0) is 37.5 Å². The third-order valence-corrected chi connectivity index (χ3v) is 4.09. The summed E-state index contributed by atoms with van der Waals surface area (Å²) in [7, 11) is 0. The van der Waals surface area contributed by atoms with Gasteiger partial charge in [-0.3, -0.25) is 4.79 Å². The maximum Gasteiger partial charge on any atom is 0.306 e. The van der Waals surface area contributed by atoms with E-state index in [9.17, 15) is 4.79 Å². The Hall–Kier alpha value is -0.570. The predicted octanol–water partition coefficient (Wildman–Crippen LogP) is 1.46. The molecule has 0 aliphatic heterocycles. The molecule has 2 unspecified atom stereocenters. The van der Waals surface area contributed by atoms with E-state index in [2.05, 4.69) is 0 Å². The Balaban J connectivity index is 1.85. The third-order valence-electron chi connectivity index (χ3n) is 4.09. The standard InChI is InChI=1S/C11H19NO2/c1-2-14-10(13)7-8-6-9(12)11(8)4-3-5-11/h8-9H,2-7,12H2,1H3. The van der Waals surface area contributed by atoms with E-state index in [0.29, 0.717) is 30.4 Å². The van der Waals surface area contributed by atoms with Crippen LogP contribution in [0.25, 0.3) is 0 Å². The lowest BCUT2D eigenvalue weighted by Crippen LogP contribution is -2.61. The number of hydrogen-bond donors (Lipinski definition) is 1. The van der Waals surface area contributed by atoms with Crippen molar-refractivity contribution >= 4 is 5.97 Å². The first-order valence-corrected chi connectivity index (χ1v) is 5.60. The Morgan fingerprint density at radius 3 is 2.71 bits per heavy atom. The summed E-state index contributed by atoms with van der Waals surface area (Å²) < 4.78 is 4.97. The molecule has 2 aliphatic rings. The van der Waals surface area contributed by atoms with Crippen LogP contribution in [0, 0.1) is 11.3 Å². The molecule has 80 valence electrons. The van der Waals surface area contributed by atoms with Crippen molar-refractivity contribution < 1.29 is 9.53 Å². The van der Waals surface area contributed by atoms with Gasteiger partial charge in [0.1, 0.15) is 0 Å². The van der Waals surface area contributed by atoms with E-state index >= 15 is 0 Å². The maximum absolute atomic E-state index is 11.3. The van der Waals surface area contributed by atoms with Gasteiger partial charge in [-0.25, -0.2) is 0 Å². The monoisotopic (exact) mass is 197 g/mol. The minimum absolute atomic E-state index is 0.0457. The molecule has 2 aliphatic carbocycles. The van der Waals surface area contributed by atoms with Gasteiger partial charge in [-0.1, -0.05) is 6.42 Å². The number of rotatable bonds is 3. The zero-order valence-corrected chi connectivity index (χ0v) is 8.79. The summed E-state index contributed by atoms with van der Waals surface area (Å²) in [4.78, 5) is 11.3. The van der Waals surface area contributed by atoms with Crippen LogP contribution in [0.4, 0.5) is 0 Å². The highest BCUT2D eigenvalue weighted by Gasteiger charge is 2.56. The molecule has 2 fully saturated rings. The average Bonchev–Trinajstić information content (AvgIpc) is 2.00. The normalized spacial score (nSPS) is 33.3. The molecule has 3 heteroatoms. The first kappa shape index (κ1) is 9.97. The topological polar surface area (TPSA) is 52.3 Å². The van der Waals surface area contributed by atoms with Gasteiger partial charge in [-0.15, -0.1) is 0 Å². The fourth-order valence-corrected chi connectivity index (χ4v) is 2.99. The van der Waals surface area contributed by atoms with Crippen LogP contribution >= 0.6 is 0 Å².